The van der Waals surface area contributed by atoms with Crippen LogP contribution in [0.3, 0.4) is 0 Å². The van der Waals surface area contributed by atoms with Crippen molar-refractivity contribution in [2.45, 2.75) is 20.3 Å². The topological polar surface area (TPSA) is 35.2 Å². The zero-order chi connectivity index (χ0) is 12.3. The Labute approximate surface area is 102 Å². The van der Waals surface area contributed by atoms with E-state index in [1.807, 2.05) is 43.3 Å². The molecule has 0 saturated heterocycles. The smallest absolute Gasteiger partial charge is 0.150 e. The van der Waals surface area contributed by atoms with Gasteiger partial charge in [0.25, 0.3) is 0 Å². The highest BCUT2D eigenvalue weighted by molar-refractivity contribution is 5.59. The normalized spacial score (nSPS) is 10.2. The van der Waals surface area contributed by atoms with Crippen molar-refractivity contribution in [2.75, 3.05) is 5.73 Å². The molecule has 0 atom stereocenters. The van der Waals surface area contributed by atoms with Gasteiger partial charge in [0.2, 0.25) is 0 Å². The van der Waals surface area contributed by atoms with Gasteiger partial charge in [0.1, 0.15) is 5.75 Å². The van der Waals surface area contributed by atoms with Crippen molar-refractivity contribution in [2.24, 2.45) is 0 Å². The van der Waals surface area contributed by atoms with Crippen LogP contribution in [-0.4, -0.2) is 0 Å². The van der Waals surface area contributed by atoms with E-state index in [1.54, 1.807) is 0 Å². The summed E-state index contributed by atoms with van der Waals surface area (Å²) in [7, 11) is 0. The highest BCUT2D eigenvalue weighted by Gasteiger charge is 2.04. The van der Waals surface area contributed by atoms with Crippen LogP contribution in [0.5, 0.6) is 11.5 Å². The molecule has 0 fully saturated rings. The molecule has 0 heterocycles. The van der Waals surface area contributed by atoms with Crippen LogP contribution in [0, 0.1) is 6.92 Å². The third-order valence-corrected chi connectivity index (χ3v) is 2.82. The van der Waals surface area contributed by atoms with Crippen LogP contribution in [0.15, 0.2) is 42.5 Å². The van der Waals surface area contributed by atoms with E-state index in [-0.39, 0.29) is 0 Å². The van der Waals surface area contributed by atoms with Crippen LogP contribution in [0.1, 0.15) is 18.1 Å². The molecule has 88 valence electrons. The number of nitrogen functional groups attached to an aromatic ring is 1. The highest BCUT2D eigenvalue weighted by atomic mass is 16.5. The summed E-state index contributed by atoms with van der Waals surface area (Å²) in [4.78, 5) is 0. The van der Waals surface area contributed by atoms with E-state index in [9.17, 15) is 0 Å². The Balaban J connectivity index is 2.28. The van der Waals surface area contributed by atoms with Crippen LogP contribution in [-0.2, 0) is 6.42 Å². The van der Waals surface area contributed by atoms with Crippen LogP contribution in [0.2, 0.25) is 0 Å². The monoisotopic (exact) mass is 227 g/mol. The Morgan fingerprint density at radius 2 is 1.88 bits per heavy atom. The van der Waals surface area contributed by atoms with Gasteiger partial charge in [-0.1, -0.05) is 31.2 Å². The van der Waals surface area contributed by atoms with Crippen molar-refractivity contribution in [1.29, 1.82) is 0 Å². The van der Waals surface area contributed by atoms with Crippen molar-refractivity contribution < 1.29 is 4.74 Å². The Bertz CT molecular complexity index is 520. The van der Waals surface area contributed by atoms with Crippen molar-refractivity contribution in [3.63, 3.8) is 0 Å². The average molecular weight is 227 g/mol. The maximum atomic E-state index is 5.98. The van der Waals surface area contributed by atoms with Crippen molar-refractivity contribution in [3.8, 4) is 11.5 Å². The molecule has 2 aromatic carbocycles. The first kappa shape index (κ1) is 11.5. The fourth-order valence-corrected chi connectivity index (χ4v) is 1.70. The number of nitrogens with two attached hydrogens (primary N) is 1. The molecule has 0 bridgehead atoms. The van der Waals surface area contributed by atoms with Gasteiger partial charge in [0, 0.05) is 0 Å². The lowest BCUT2D eigenvalue weighted by Crippen LogP contribution is -1.94. The maximum Gasteiger partial charge on any atom is 0.150 e. The predicted molar refractivity (Wildman–Crippen MR) is 71.5 cm³/mol. The number of hydrogen-bond donors (Lipinski definition) is 1. The van der Waals surface area contributed by atoms with Gasteiger partial charge >= 0.3 is 0 Å². The van der Waals surface area contributed by atoms with E-state index in [0.29, 0.717) is 5.69 Å². The highest BCUT2D eigenvalue weighted by Crippen LogP contribution is 2.29. The number of hydrogen-bond acceptors (Lipinski definition) is 2. The number of anilines is 1. The predicted octanol–water partition coefficient (Wildman–Crippen LogP) is 3.93. The lowest BCUT2D eigenvalue weighted by atomic mass is 10.1. The van der Waals surface area contributed by atoms with Gasteiger partial charge in [0.15, 0.2) is 5.75 Å². The van der Waals surface area contributed by atoms with E-state index in [4.69, 9.17) is 10.5 Å². The molecule has 0 radical (unpaired) electrons. The molecule has 2 aromatic rings. The summed E-state index contributed by atoms with van der Waals surface area (Å²) in [6, 6.07) is 13.9. The van der Waals surface area contributed by atoms with Gasteiger partial charge < -0.3 is 10.5 Å². The van der Waals surface area contributed by atoms with Gasteiger partial charge in [-0.15, -0.1) is 0 Å². The number of rotatable bonds is 3. The summed E-state index contributed by atoms with van der Waals surface area (Å²) in [6.45, 7) is 4.10. The van der Waals surface area contributed by atoms with E-state index in [2.05, 4.69) is 13.0 Å². The van der Waals surface area contributed by atoms with Crippen LogP contribution in [0.25, 0.3) is 0 Å². The molecule has 0 aliphatic heterocycles. The molecular weight excluding hydrogens is 210 g/mol. The van der Waals surface area contributed by atoms with Crippen molar-refractivity contribution >= 4 is 5.69 Å². The first-order valence-corrected chi connectivity index (χ1v) is 5.82. The fourth-order valence-electron chi connectivity index (χ4n) is 1.70. The Morgan fingerprint density at radius 1 is 1.12 bits per heavy atom. The van der Waals surface area contributed by atoms with Gasteiger partial charge in [0.05, 0.1) is 5.69 Å². The van der Waals surface area contributed by atoms with E-state index in [1.165, 1.54) is 5.56 Å². The molecule has 0 amide bonds. The van der Waals surface area contributed by atoms with Crippen LogP contribution < -0.4 is 10.5 Å². The first-order valence-electron chi connectivity index (χ1n) is 5.82. The molecule has 2 rings (SSSR count). The molecule has 0 saturated carbocycles. The number of ether oxygens (including phenoxy) is 1. The van der Waals surface area contributed by atoms with Gasteiger partial charge in [-0.2, -0.15) is 0 Å². The first-order chi connectivity index (χ1) is 8.20. The molecule has 17 heavy (non-hydrogen) atoms. The zero-order valence-corrected chi connectivity index (χ0v) is 10.2. The quantitative estimate of drug-likeness (QED) is 0.806. The molecular formula is C15H17NO. The second kappa shape index (κ2) is 4.91. The zero-order valence-electron chi connectivity index (χ0n) is 10.2. The third-order valence-electron chi connectivity index (χ3n) is 2.82. The molecule has 2 N–H and O–H groups in total. The van der Waals surface area contributed by atoms with Crippen LogP contribution in [0.4, 0.5) is 5.69 Å². The average Bonchev–Trinajstić information content (AvgIpc) is 2.35. The molecule has 0 spiro atoms. The lowest BCUT2D eigenvalue weighted by Gasteiger charge is -2.10. The number of aryl methyl sites for hydroxylation is 2. The lowest BCUT2D eigenvalue weighted by molar-refractivity contribution is 0.484. The van der Waals surface area contributed by atoms with Gasteiger partial charge in [-0.3, -0.25) is 0 Å². The summed E-state index contributed by atoms with van der Waals surface area (Å²) < 4.78 is 5.81. The molecule has 0 unspecified atom stereocenters. The van der Waals surface area contributed by atoms with E-state index >= 15 is 0 Å². The minimum atomic E-state index is 0.703. The Morgan fingerprint density at radius 3 is 2.65 bits per heavy atom. The number of para-hydroxylation sites is 1. The van der Waals surface area contributed by atoms with Crippen LogP contribution >= 0.6 is 0 Å². The molecule has 2 nitrogen and oxygen atoms in total. The number of benzene rings is 2. The van der Waals surface area contributed by atoms with Gasteiger partial charge in [-0.25, -0.2) is 0 Å². The summed E-state index contributed by atoms with van der Waals surface area (Å²) in [5.74, 6) is 1.56. The summed E-state index contributed by atoms with van der Waals surface area (Å²) in [5.41, 5.74) is 8.97. The van der Waals surface area contributed by atoms with E-state index in [0.717, 1.165) is 23.5 Å². The SMILES string of the molecule is CCc1cccc(Oc2cccc(C)c2N)c1. The minimum Gasteiger partial charge on any atom is -0.455 e. The standard InChI is InChI=1S/C15H17NO/c1-3-12-7-5-8-13(10-12)17-14-9-4-6-11(2)15(14)16/h4-10H,3,16H2,1-2H3. The maximum absolute atomic E-state index is 5.98. The second-order valence-corrected chi connectivity index (χ2v) is 4.09. The summed E-state index contributed by atoms with van der Waals surface area (Å²) in [5, 5.41) is 0. The largest absolute Gasteiger partial charge is 0.455 e. The summed E-state index contributed by atoms with van der Waals surface area (Å²) in [6.07, 6.45) is 1.00. The summed E-state index contributed by atoms with van der Waals surface area (Å²) >= 11 is 0. The molecule has 0 aromatic heterocycles. The molecule has 0 aliphatic carbocycles. The molecule has 0 aliphatic rings. The fraction of sp³-hybridized carbons (Fsp3) is 0.200. The Kier molecular flexibility index (Phi) is 3.33. The second-order valence-electron chi connectivity index (χ2n) is 4.09. The van der Waals surface area contributed by atoms with E-state index < -0.39 is 0 Å². The van der Waals surface area contributed by atoms with Crippen molar-refractivity contribution in [3.05, 3.63) is 53.6 Å². The molecule has 2 heteroatoms. The van der Waals surface area contributed by atoms with Gasteiger partial charge in [-0.05, 0) is 42.7 Å². The minimum absolute atomic E-state index is 0.703. The van der Waals surface area contributed by atoms with Crippen molar-refractivity contribution in [1.82, 2.24) is 0 Å². The Hall–Kier alpha value is -1.96. The third kappa shape index (κ3) is 2.59.